The van der Waals surface area contributed by atoms with Gasteiger partial charge in [0.05, 0.1) is 6.61 Å². The molecule has 0 saturated carbocycles. The zero-order chi connectivity index (χ0) is 13.0. The van der Waals surface area contributed by atoms with Gasteiger partial charge in [0.2, 0.25) is 0 Å². The Labute approximate surface area is 103 Å². The summed E-state index contributed by atoms with van der Waals surface area (Å²) in [6, 6.07) is 5.72. The summed E-state index contributed by atoms with van der Waals surface area (Å²) in [5, 5.41) is 3.16. The quantitative estimate of drug-likeness (QED) is 0.903. The van der Waals surface area contributed by atoms with Gasteiger partial charge in [-0.3, -0.25) is 0 Å². The third-order valence-corrected chi connectivity index (χ3v) is 2.71. The van der Waals surface area contributed by atoms with Crippen molar-refractivity contribution in [1.82, 2.24) is 0 Å². The van der Waals surface area contributed by atoms with Gasteiger partial charge in [0.15, 0.2) is 0 Å². The molecule has 1 aromatic rings. The average Bonchev–Trinajstić information content (AvgIpc) is 2.79. The van der Waals surface area contributed by atoms with Crippen molar-refractivity contribution in [3.63, 3.8) is 0 Å². The Kier molecular flexibility index (Phi) is 3.96. The SMILES string of the molecule is FC(F)(F)Oc1ccc(NCC2CCOC2)cc1. The van der Waals surface area contributed by atoms with Crippen LogP contribution in [0.25, 0.3) is 0 Å². The molecule has 1 N–H and O–H groups in total. The smallest absolute Gasteiger partial charge is 0.406 e. The fourth-order valence-corrected chi connectivity index (χ4v) is 1.78. The van der Waals surface area contributed by atoms with Crippen LogP contribution in [-0.2, 0) is 4.74 Å². The van der Waals surface area contributed by atoms with E-state index in [2.05, 4.69) is 10.1 Å². The molecule has 0 spiro atoms. The van der Waals surface area contributed by atoms with Gasteiger partial charge in [-0.05, 0) is 30.7 Å². The Morgan fingerprint density at radius 1 is 1.28 bits per heavy atom. The minimum atomic E-state index is -4.64. The first-order chi connectivity index (χ1) is 8.53. The molecular weight excluding hydrogens is 247 g/mol. The summed E-state index contributed by atoms with van der Waals surface area (Å²) in [7, 11) is 0. The Morgan fingerprint density at radius 3 is 2.56 bits per heavy atom. The lowest BCUT2D eigenvalue weighted by molar-refractivity contribution is -0.274. The molecule has 1 aromatic carbocycles. The Balaban J connectivity index is 1.83. The highest BCUT2D eigenvalue weighted by molar-refractivity contribution is 5.46. The van der Waals surface area contributed by atoms with Crippen molar-refractivity contribution in [2.45, 2.75) is 12.8 Å². The number of anilines is 1. The lowest BCUT2D eigenvalue weighted by Crippen LogP contribution is -2.17. The standard InChI is InChI=1S/C12H14F3NO2/c13-12(14,15)18-11-3-1-10(2-4-11)16-7-9-5-6-17-8-9/h1-4,9,16H,5-8H2. The molecule has 1 fully saturated rings. The third kappa shape index (κ3) is 4.10. The summed E-state index contributed by atoms with van der Waals surface area (Å²) in [5.41, 5.74) is 0.774. The van der Waals surface area contributed by atoms with Gasteiger partial charge in [-0.2, -0.15) is 0 Å². The molecule has 1 aliphatic heterocycles. The number of halogens is 3. The van der Waals surface area contributed by atoms with Crippen LogP contribution in [0.15, 0.2) is 24.3 Å². The van der Waals surface area contributed by atoms with Crippen LogP contribution in [-0.4, -0.2) is 26.1 Å². The van der Waals surface area contributed by atoms with Crippen molar-refractivity contribution >= 4 is 5.69 Å². The molecule has 0 aromatic heterocycles. The zero-order valence-electron chi connectivity index (χ0n) is 9.67. The predicted octanol–water partition coefficient (Wildman–Crippen LogP) is 3.03. The number of hydrogen-bond donors (Lipinski definition) is 1. The molecule has 3 nitrogen and oxygen atoms in total. The number of rotatable bonds is 4. The Bertz CT molecular complexity index is 372. The fourth-order valence-electron chi connectivity index (χ4n) is 1.78. The molecule has 100 valence electrons. The molecule has 1 atom stereocenters. The largest absolute Gasteiger partial charge is 0.573 e. The van der Waals surface area contributed by atoms with E-state index in [9.17, 15) is 13.2 Å². The second kappa shape index (κ2) is 5.48. The van der Waals surface area contributed by atoms with Crippen LogP contribution in [0.3, 0.4) is 0 Å². The van der Waals surface area contributed by atoms with Gasteiger partial charge in [-0.25, -0.2) is 0 Å². The first kappa shape index (κ1) is 13.0. The molecule has 0 amide bonds. The summed E-state index contributed by atoms with van der Waals surface area (Å²) in [4.78, 5) is 0. The molecule has 1 aliphatic rings. The van der Waals surface area contributed by atoms with E-state index in [4.69, 9.17) is 4.74 Å². The van der Waals surface area contributed by atoms with Gasteiger partial charge in [-0.15, -0.1) is 13.2 Å². The van der Waals surface area contributed by atoms with Crippen molar-refractivity contribution < 1.29 is 22.6 Å². The lowest BCUT2D eigenvalue weighted by Gasteiger charge is -2.12. The molecular formula is C12H14F3NO2. The van der Waals surface area contributed by atoms with Gasteiger partial charge < -0.3 is 14.8 Å². The van der Waals surface area contributed by atoms with Gasteiger partial charge in [0.1, 0.15) is 5.75 Å². The number of ether oxygens (including phenoxy) is 2. The highest BCUT2D eigenvalue weighted by Gasteiger charge is 2.30. The number of benzene rings is 1. The van der Waals surface area contributed by atoms with E-state index in [1.807, 2.05) is 0 Å². The first-order valence-electron chi connectivity index (χ1n) is 5.70. The van der Waals surface area contributed by atoms with E-state index in [-0.39, 0.29) is 5.75 Å². The highest BCUT2D eigenvalue weighted by Crippen LogP contribution is 2.24. The molecule has 6 heteroatoms. The summed E-state index contributed by atoms with van der Waals surface area (Å²) >= 11 is 0. The Morgan fingerprint density at radius 2 is 2.00 bits per heavy atom. The van der Waals surface area contributed by atoms with Gasteiger partial charge >= 0.3 is 6.36 Å². The van der Waals surface area contributed by atoms with Gasteiger partial charge in [0, 0.05) is 24.8 Å². The topological polar surface area (TPSA) is 30.5 Å². The molecule has 1 unspecified atom stereocenters. The lowest BCUT2D eigenvalue weighted by atomic mass is 10.1. The third-order valence-electron chi connectivity index (χ3n) is 2.71. The van der Waals surface area contributed by atoms with Gasteiger partial charge in [-0.1, -0.05) is 0 Å². The summed E-state index contributed by atoms with van der Waals surface area (Å²) in [6.07, 6.45) is -3.63. The van der Waals surface area contributed by atoms with Crippen LogP contribution < -0.4 is 10.1 Å². The van der Waals surface area contributed by atoms with Crippen molar-refractivity contribution in [2.75, 3.05) is 25.1 Å². The molecule has 2 rings (SSSR count). The summed E-state index contributed by atoms with van der Waals surface area (Å²) in [6.45, 7) is 2.28. The monoisotopic (exact) mass is 261 g/mol. The van der Waals surface area contributed by atoms with Crippen molar-refractivity contribution in [3.05, 3.63) is 24.3 Å². The maximum atomic E-state index is 11.9. The van der Waals surface area contributed by atoms with Crippen molar-refractivity contribution in [2.24, 2.45) is 5.92 Å². The normalized spacial score (nSPS) is 19.8. The minimum absolute atomic E-state index is 0.211. The van der Waals surface area contributed by atoms with Crippen LogP contribution in [0.5, 0.6) is 5.75 Å². The van der Waals surface area contributed by atoms with Crippen LogP contribution in [0, 0.1) is 5.92 Å². The van der Waals surface area contributed by atoms with Crippen molar-refractivity contribution in [3.8, 4) is 5.75 Å². The van der Waals surface area contributed by atoms with Crippen LogP contribution in [0.2, 0.25) is 0 Å². The summed E-state index contributed by atoms with van der Waals surface area (Å²) in [5.74, 6) is 0.258. The second-order valence-corrected chi connectivity index (χ2v) is 4.18. The maximum absolute atomic E-state index is 11.9. The fraction of sp³-hybridized carbons (Fsp3) is 0.500. The van der Waals surface area contributed by atoms with E-state index in [1.165, 1.54) is 12.1 Å². The molecule has 0 bridgehead atoms. The van der Waals surface area contributed by atoms with Crippen LogP contribution >= 0.6 is 0 Å². The van der Waals surface area contributed by atoms with E-state index in [0.717, 1.165) is 31.9 Å². The molecule has 1 heterocycles. The number of nitrogens with one attached hydrogen (secondary N) is 1. The number of alkyl halides is 3. The average molecular weight is 261 g/mol. The predicted molar refractivity (Wildman–Crippen MR) is 60.5 cm³/mol. The van der Waals surface area contributed by atoms with Crippen molar-refractivity contribution in [1.29, 1.82) is 0 Å². The first-order valence-corrected chi connectivity index (χ1v) is 5.70. The molecule has 0 aliphatic carbocycles. The zero-order valence-corrected chi connectivity index (χ0v) is 9.67. The van der Waals surface area contributed by atoms with E-state index in [1.54, 1.807) is 12.1 Å². The molecule has 1 saturated heterocycles. The highest BCUT2D eigenvalue weighted by atomic mass is 19.4. The maximum Gasteiger partial charge on any atom is 0.573 e. The van der Waals surface area contributed by atoms with E-state index in [0.29, 0.717) is 5.92 Å². The van der Waals surface area contributed by atoms with Crippen LogP contribution in [0.1, 0.15) is 6.42 Å². The molecule has 0 radical (unpaired) electrons. The van der Waals surface area contributed by atoms with E-state index < -0.39 is 6.36 Å². The van der Waals surface area contributed by atoms with Crippen LogP contribution in [0.4, 0.5) is 18.9 Å². The Hall–Kier alpha value is -1.43. The number of hydrogen-bond acceptors (Lipinski definition) is 3. The minimum Gasteiger partial charge on any atom is -0.406 e. The van der Waals surface area contributed by atoms with Gasteiger partial charge in [0.25, 0.3) is 0 Å². The second-order valence-electron chi connectivity index (χ2n) is 4.18. The summed E-state index contributed by atoms with van der Waals surface area (Å²) < 4.78 is 44.8. The molecule has 18 heavy (non-hydrogen) atoms. The van der Waals surface area contributed by atoms with E-state index >= 15 is 0 Å².